The van der Waals surface area contributed by atoms with Gasteiger partial charge in [-0.3, -0.25) is 9.52 Å². The Morgan fingerprint density at radius 2 is 1.94 bits per heavy atom. The molecule has 32 heavy (non-hydrogen) atoms. The van der Waals surface area contributed by atoms with Crippen LogP contribution in [0.4, 0.5) is 11.4 Å². The topological polar surface area (TPSA) is 118 Å². The number of nitrogens with zero attached hydrogens (tertiary/aromatic N) is 1. The summed E-state index contributed by atoms with van der Waals surface area (Å²) in [5, 5.41) is 10.2. The van der Waals surface area contributed by atoms with Crippen molar-refractivity contribution in [3.05, 3.63) is 48.2 Å². The van der Waals surface area contributed by atoms with Gasteiger partial charge in [0.05, 0.1) is 36.2 Å². The number of aliphatic hydroxyl groups is 1. The number of hydrogen-bond acceptors (Lipinski definition) is 8. The molecule has 0 unspecified atom stereocenters. The summed E-state index contributed by atoms with van der Waals surface area (Å²) in [5.74, 6) is 1.03. The highest BCUT2D eigenvalue weighted by Crippen LogP contribution is 2.35. The fraction of sp³-hybridized carbons (Fsp3) is 0.318. The second-order valence-corrected chi connectivity index (χ2v) is 8.94. The summed E-state index contributed by atoms with van der Waals surface area (Å²) in [6.45, 7) is 3.91. The first-order valence-corrected chi connectivity index (χ1v) is 11.8. The number of furan rings is 1. The third-order valence-corrected chi connectivity index (χ3v) is 5.16. The molecule has 0 saturated carbocycles. The van der Waals surface area contributed by atoms with Gasteiger partial charge >= 0.3 is 5.97 Å². The van der Waals surface area contributed by atoms with Crippen LogP contribution in [0.3, 0.4) is 0 Å². The van der Waals surface area contributed by atoms with Crippen LogP contribution in [-0.2, 0) is 14.8 Å². The minimum absolute atomic E-state index is 0.107. The highest BCUT2D eigenvalue weighted by Gasteiger charge is 2.16. The second kappa shape index (κ2) is 9.92. The summed E-state index contributed by atoms with van der Waals surface area (Å²) in [6.07, 6.45) is 1.09. The van der Waals surface area contributed by atoms with E-state index in [2.05, 4.69) is 4.72 Å². The summed E-state index contributed by atoms with van der Waals surface area (Å²) in [6, 6.07) is 12.2. The standard InChI is InChI=1S/C22H26N2O7S/c1-15-22(31-16(2)26)18-9-8-17(14-21(18)30-15)29-13-11-24(10-12-25)20-7-5-4-6-19(20)23-32(3,27)28/h4-9,14,23,25H,10-13H2,1-3H3. The van der Waals surface area contributed by atoms with E-state index in [0.29, 0.717) is 52.7 Å². The van der Waals surface area contributed by atoms with Gasteiger partial charge in [0.2, 0.25) is 10.0 Å². The zero-order valence-electron chi connectivity index (χ0n) is 18.1. The monoisotopic (exact) mass is 462 g/mol. The quantitative estimate of drug-likeness (QED) is 0.442. The molecule has 1 heterocycles. The molecule has 9 nitrogen and oxygen atoms in total. The zero-order valence-corrected chi connectivity index (χ0v) is 18.9. The molecule has 1 aromatic heterocycles. The van der Waals surface area contributed by atoms with Crippen LogP contribution in [0.2, 0.25) is 0 Å². The van der Waals surface area contributed by atoms with Crippen LogP contribution in [-0.4, -0.2) is 52.1 Å². The smallest absolute Gasteiger partial charge is 0.308 e. The van der Waals surface area contributed by atoms with Crippen LogP contribution in [0, 0.1) is 6.92 Å². The average molecular weight is 463 g/mol. The van der Waals surface area contributed by atoms with Gasteiger partial charge in [0.15, 0.2) is 5.75 Å². The van der Waals surface area contributed by atoms with Gasteiger partial charge < -0.3 is 23.9 Å². The van der Waals surface area contributed by atoms with Crippen LogP contribution in [0.15, 0.2) is 46.9 Å². The number of aryl methyl sites for hydroxylation is 1. The highest BCUT2D eigenvalue weighted by atomic mass is 32.2. The van der Waals surface area contributed by atoms with Gasteiger partial charge in [-0.15, -0.1) is 0 Å². The lowest BCUT2D eigenvalue weighted by Crippen LogP contribution is -2.32. The van der Waals surface area contributed by atoms with E-state index in [4.69, 9.17) is 13.9 Å². The van der Waals surface area contributed by atoms with E-state index in [1.54, 1.807) is 49.4 Å². The number of anilines is 2. The Morgan fingerprint density at radius 1 is 1.19 bits per heavy atom. The van der Waals surface area contributed by atoms with Crippen molar-refractivity contribution in [3.63, 3.8) is 0 Å². The van der Waals surface area contributed by atoms with E-state index in [-0.39, 0.29) is 13.2 Å². The predicted molar refractivity (Wildman–Crippen MR) is 122 cm³/mol. The molecule has 0 atom stereocenters. The van der Waals surface area contributed by atoms with Crippen LogP contribution in [0.5, 0.6) is 11.5 Å². The van der Waals surface area contributed by atoms with Gasteiger partial charge in [0.25, 0.3) is 0 Å². The van der Waals surface area contributed by atoms with Gasteiger partial charge in [0.1, 0.15) is 23.7 Å². The van der Waals surface area contributed by atoms with Crippen LogP contribution < -0.4 is 19.1 Å². The Hall–Kier alpha value is -3.24. The molecule has 172 valence electrons. The van der Waals surface area contributed by atoms with Crippen molar-refractivity contribution in [2.45, 2.75) is 13.8 Å². The number of aliphatic hydroxyl groups excluding tert-OH is 1. The summed E-state index contributed by atoms with van der Waals surface area (Å²) in [5.41, 5.74) is 1.60. The van der Waals surface area contributed by atoms with E-state index in [1.807, 2.05) is 4.90 Å². The van der Waals surface area contributed by atoms with Crippen molar-refractivity contribution in [3.8, 4) is 11.5 Å². The summed E-state index contributed by atoms with van der Waals surface area (Å²) in [7, 11) is -3.45. The van der Waals surface area contributed by atoms with Crippen LogP contribution in [0.25, 0.3) is 11.0 Å². The van der Waals surface area contributed by atoms with Crippen LogP contribution in [0.1, 0.15) is 12.7 Å². The van der Waals surface area contributed by atoms with E-state index < -0.39 is 16.0 Å². The molecule has 0 aliphatic rings. The largest absolute Gasteiger partial charge is 0.492 e. The summed E-state index contributed by atoms with van der Waals surface area (Å²) < 4.78 is 42.6. The van der Waals surface area contributed by atoms with Gasteiger partial charge in [-0.1, -0.05) is 12.1 Å². The number of hydrogen-bond donors (Lipinski definition) is 2. The van der Waals surface area contributed by atoms with Crippen molar-refractivity contribution in [2.24, 2.45) is 0 Å². The number of carbonyl (C=O) groups excluding carboxylic acids is 1. The lowest BCUT2D eigenvalue weighted by atomic mass is 10.2. The lowest BCUT2D eigenvalue weighted by Gasteiger charge is -2.26. The van der Waals surface area contributed by atoms with Crippen molar-refractivity contribution < 1.29 is 32.2 Å². The molecule has 0 amide bonds. The lowest BCUT2D eigenvalue weighted by molar-refractivity contribution is -0.131. The molecule has 0 spiro atoms. The Bertz CT molecular complexity index is 1200. The first kappa shape index (κ1) is 23.4. The molecular formula is C22H26N2O7S. The number of sulfonamides is 1. The number of carbonyl (C=O) groups is 1. The highest BCUT2D eigenvalue weighted by molar-refractivity contribution is 7.92. The third kappa shape index (κ3) is 5.92. The zero-order chi connectivity index (χ0) is 23.3. The summed E-state index contributed by atoms with van der Waals surface area (Å²) >= 11 is 0. The van der Waals surface area contributed by atoms with Crippen molar-refractivity contribution in [1.82, 2.24) is 0 Å². The molecule has 3 rings (SSSR count). The molecule has 0 saturated heterocycles. The number of fused-ring (bicyclic) bond motifs is 1. The maximum atomic E-state index is 11.7. The molecule has 0 fully saturated rings. The minimum atomic E-state index is -3.45. The maximum Gasteiger partial charge on any atom is 0.308 e. The number of ether oxygens (including phenoxy) is 2. The Labute approximate surface area is 186 Å². The first-order chi connectivity index (χ1) is 15.2. The number of rotatable bonds is 10. The minimum Gasteiger partial charge on any atom is -0.492 e. The van der Waals surface area contributed by atoms with E-state index in [0.717, 1.165) is 6.26 Å². The Balaban J connectivity index is 1.73. The first-order valence-electron chi connectivity index (χ1n) is 9.95. The molecule has 0 aliphatic carbocycles. The molecular weight excluding hydrogens is 436 g/mol. The number of benzene rings is 2. The molecule has 0 radical (unpaired) electrons. The van der Waals surface area contributed by atoms with E-state index >= 15 is 0 Å². The van der Waals surface area contributed by atoms with Crippen molar-refractivity contribution >= 4 is 38.3 Å². The summed E-state index contributed by atoms with van der Waals surface area (Å²) in [4.78, 5) is 13.1. The SMILES string of the molecule is CC(=O)Oc1c(C)oc2cc(OCCN(CCO)c3ccccc3NS(C)(=O)=O)ccc12. The Kier molecular flexibility index (Phi) is 7.26. The van der Waals surface area contributed by atoms with Crippen molar-refractivity contribution in [1.29, 1.82) is 0 Å². The van der Waals surface area contributed by atoms with Gasteiger partial charge in [-0.2, -0.15) is 0 Å². The van der Waals surface area contributed by atoms with E-state index in [1.165, 1.54) is 6.92 Å². The normalized spacial score (nSPS) is 11.4. The number of nitrogens with one attached hydrogen (secondary N) is 1. The third-order valence-electron chi connectivity index (χ3n) is 4.57. The number of para-hydroxylation sites is 2. The number of esters is 1. The molecule has 2 aromatic carbocycles. The average Bonchev–Trinajstić information content (AvgIpc) is 3.00. The molecule has 0 aliphatic heterocycles. The van der Waals surface area contributed by atoms with Gasteiger partial charge in [-0.05, 0) is 31.2 Å². The molecule has 10 heteroatoms. The van der Waals surface area contributed by atoms with Gasteiger partial charge in [-0.25, -0.2) is 8.42 Å². The van der Waals surface area contributed by atoms with Gasteiger partial charge in [0, 0.05) is 19.5 Å². The van der Waals surface area contributed by atoms with Crippen molar-refractivity contribution in [2.75, 3.05) is 42.2 Å². The Morgan fingerprint density at radius 3 is 2.62 bits per heavy atom. The molecule has 3 aromatic rings. The molecule has 0 bridgehead atoms. The van der Waals surface area contributed by atoms with E-state index in [9.17, 15) is 18.3 Å². The second-order valence-electron chi connectivity index (χ2n) is 7.19. The fourth-order valence-corrected chi connectivity index (χ4v) is 3.89. The molecule has 2 N–H and O–H groups in total. The predicted octanol–water partition coefficient (Wildman–Crippen LogP) is 2.92. The maximum absolute atomic E-state index is 11.7. The van der Waals surface area contributed by atoms with Crippen LogP contribution >= 0.6 is 0 Å². The fourth-order valence-electron chi connectivity index (χ4n) is 3.32.